The lowest BCUT2D eigenvalue weighted by molar-refractivity contribution is 0.596. The Labute approximate surface area is 159 Å². The molecule has 6 nitrogen and oxygen atoms in total. The first-order valence-corrected chi connectivity index (χ1v) is 11.1. The quantitative estimate of drug-likeness (QED) is 0.530. The first-order chi connectivity index (χ1) is 12.4. The third-order valence-corrected chi connectivity index (χ3v) is 6.62. The maximum absolute atomic E-state index is 12.3. The number of nitrogens with one attached hydrogen (secondary N) is 2. The van der Waals surface area contributed by atoms with E-state index in [-0.39, 0.29) is 12.3 Å². The molecule has 0 unspecified atom stereocenters. The molecule has 0 radical (unpaired) electrons. The highest BCUT2D eigenvalue weighted by Crippen LogP contribution is 2.16. The fourth-order valence-electron chi connectivity index (χ4n) is 2.30. The van der Waals surface area contributed by atoms with Crippen LogP contribution in [0.3, 0.4) is 0 Å². The summed E-state index contributed by atoms with van der Waals surface area (Å²) < 4.78 is 24.6. The van der Waals surface area contributed by atoms with Crippen molar-refractivity contribution in [3.63, 3.8) is 0 Å². The Bertz CT molecular complexity index is 811. The molecule has 1 aromatic heterocycles. The molecule has 8 heteroatoms. The van der Waals surface area contributed by atoms with E-state index in [4.69, 9.17) is 0 Å². The summed E-state index contributed by atoms with van der Waals surface area (Å²) in [5.41, 5.74) is 1.08. The maximum Gasteiger partial charge on any atom is 0.191 e. The van der Waals surface area contributed by atoms with E-state index in [1.807, 2.05) is 13.8 Å². The summed E-state index contributed by atoms with van der Waals surface area (Å²) in [5, 5.41) is 7.47. The van der Waals surface area contributed by atoms with Crippen molar-refractivity contribution in [3.8, 4) is 0 Å². The lowest BCUT2D eigenvalue weighted by Crippen LogP contribution is -2.38. The summed E-state index contributed by atoms with van der Waals surface area (Å²) in [6.07, 6.45) is 0.812. The van der Waals surface area contributed by atoms with Gasteiger partial charge in [-0.3, -0.25) is 4.99 Å². The minimum absolute atomic E-state index is 0.0154. The lowest BCUT2D eigenvalue weighted by atomic mass is 10.4. The first-order valence-electron chi connectivity index (χ1n) is 8.65. The van der Waals surface area contributed by atoms with Gasteiger partial charge in [-0.2, -0.15) is 0 Å². The van der Waals surface area contributed by atoms with Crippen LogP contribution in [0.5, 0.6) is 0 Å². The second kappa shape index (κ2) is 9.68. The Balaban J connectivity index is 1.87. The van der Waals surface area contributed by atoms with E-state index >= 15 is 0 Å². The van der Waals surface area contributed by atoms with Crippen molar-refractivity contribution in [1.29, 1.82) is 0 Å². The predicted molar refractivity (Wildman–Crippen MR) is 108 cm³/mol. The summed E-state index contributed by atoms with van der Waals surface area (Å²) >= 11 is 1.71. The van der Waals surface area contributed by atoms with Gasteiger partial charge in [-0.25, -0.2) is 13.4 Å². The largest absolute Gasteiger partial charge is 0.357 e. The number of aromatic nitrogens is 1. The van der Waals surface area contributed by atoms with Crippen molar-refractivity contribution in [2.75, 3.05) is 25.4 Å². The van der Waals surface area contributed by atoms with Gasteiger partial charge >= 0.3 is 0 Å². The lowest BCUT2D eigenvalue weighted by Gasteiger charge is -2.10. The van der Waals surface area contributed by atoms with E-state index in [1.54, 1.807) is 41.7 Å². The molecule has 0 fully saturated rings. The maximum atomic E-state index is 12.3. The molecule has 0 amide bonds. The fraction of sp³-hybridized carbons (Fsp3) is 0.444. The van der Waals surface area contributed by atoms with Gasteiger partial charge in [0.15, 0.2) is 15.8 Å². The summed E-state index contributed by atoms with van der Waals surface area (Å²) in [5.74, 6) is 0.610. The Morgan fingerprint density at radius 3 is 2.54 bits per heavy atom. The van der Waals surface area contributed by atoms with Gasteiger partial charge in [0.1, 0.15) is 0 Å². The van der Waals surface area contributed by atoms with E-state index in [2.05, 4.69) is 27.5 Å². The topological polar surface area (TPSA) is 83.5 Å². The molecule has 0 atom stereocenters. The highest BCUT2D eigenvalue weighted by atomic mass is 32.2. The zero-order chi connectivity index (χ0) is 19.0. The molecule has 1 heterocycles. The van der Waals surface area contributed by atoms with Crippen molar-refractivity contribution in [2.24, 2.45) is 4.99 Å². The predicted octanol–water partition coefficient (Wildman–Crippen LogP) is 2.33. The van der Waals surface area contributed by atoms with E-state index in [0.717, 1.165) is 17.1 Å². The molecule has 142 valence electrons. The van der Waals surface area contributed by atoms with Crippen molar-refractivity contribution in [2.45, 2.75) is 32.1 Å². The first kappa shape index (κ1) is 20.4. The minimum Gasteiger partial charge on any atom is -0.357 e. The monoisotopic (exact) mass is 394 g/mol. The summed E-state index contributed by atoms with van der Waals surface area (Å²) in [6.45, 7) is 7.69. The molecule has 0 bridgehead atoms. The van der Waals surface area contributed by atoms with Crippen molar-refractivity contribution in [3.05, 3.63) is 45.9 Å². The number of aliphatic imine (C=N–C) groups is 1. The van der Waals surface area contributed by atoms with Crippen molar-refractivity contribution < 1.29 is 8.42 Å². The number of sulfone groups is 1. The molecule has 2 aromatic rings. The van der Waals surface area contributed by atoms with E-state index < -0.39 is 9.84 Å². The van der Waals surface area contributed by atoms with Crippen LogP contribution in [-0.4, -0.2) is 44.7 Å². The molecule has 0 aliphatic carbocycles. The highest BCUT2D eigenvalue weighted by molar-refractivity contribution is 7.91. The Hall–Kier alpha value is -1.93. The molecule has 1 aromatic carbocycles. The number of hydrogen-bond donors (Lipinski definition) is 2. The van der Waals surface area contributed by atoms with Gasteiger partial charge in [0, 0.05) is 24.4 Å². The normalized spacial score (nSPS) is 12.2. The third-order valence-electron chi connectivity index (χ3n) is 3.78. The Morgan fingerprint density at radius 1 is 1.19 bits per heavy atom. The van der Waals surface area contributed by atoms with E-state index in [1.165, 1.54) is 4.88 Å². The molecule has 0 saturated carbocycles. The smallest absolute Gasteiger partial charge is 0.191 e. The number of aryl methyl sites for hydroxylation is 2. The molecular formula is C18H26N4O2S2. The number of hydrogen-bond acceptors (Lipinski definition) is 5. The molecule has 26 heavy (non-hydrogen) atoms. The fourth-order valence-corrected chi connectivity index (χ4v) is 4.37. The van der Waals surface area contributed by atoms with Crippen LogP contribution in [-0.2, 0) is 16.3 Å². The van der Waals surface area contributed by atoms with Crippen molar-refractivity contribution >= 4 is 27.1 Å². The molecule has 0 saturated heterocycles. The van der Waals surface area contributed by atoms with Crippen LogP contribution in [0.15, 0.2) is 40.2 Å². The average molecular weight is 395 g/mol. The summed E-state index contributed by atoms with van der Waals surface area (Å²) in [6, 6.07) is 8.48. The van der Waals surface area contributed by atoms with Gasteiger partial charge < -0.3 is 10.6 Å². The van der Waals surface area contributed by atoms with Gasteiger partial charge in [0.05, 0.1) is 27.9 Å². The van der Waals surface area contributed by atoms with Crippen LogP contribution in [0.4, 0.5) is 0 Å². The van der Waals surface area contributed by atoms with E-state index in [9.17, 15) is 8.42 Å². The van der Waals surface area contributed by atoms with Crippen LogP contribution in [0.2, 0.25) is 0 Å². The molecule has 0 aliphatic rings. The second-order valence-electron chi connectivity index (χ2n) is 5.82. The van der Waals surface area contributed by atoms with Crippen LogP contribution < -0.4 is 10.6 Å². The SMILES string of the molecule is CCNC(=NCCS(=O)(=O)c1ccccc1)NCCc1nc(C)c(C)s1. The van der Waals surface area contributed by atoms with Gasteiger partial charge in [0.25, 0.3) is 0 Å². The third kappa shape index (κ3) is 6.10. The number of guanidine groups is 1. The number of nitrogens with zero attached hydrogens (tertiary/aromatic N) is 2. The average Bonchev–Trinajstić information content (AvgIpc) is 2.93. The number of rotatable bonds is 8. The molecular weight excluding hydrogens is 368 g/mol. The van der Waals surface area contributed by atoms with Gasteiger partial charge in [-0.05, 0) is 32.9 Å². The highest BCUT2D eigenvalue weighted by Gasteiger charge is 2.13. The number of benzene rings is 1. The van der Waals surface area contributed by atoms with Crippen LogP contribution in [0.25, 0.3) is 0 Å². The molecule has 2 rings (SSSR count). The van der Waals surface area contributed by atoms with Gasteiger partial charge in [-0.1, -0.05) is 18.2 Å². The van der Waals surface area contributed by atoms with Gasteiger partial charge in [0.2, 0.25) is 0 Å². The van der Waals surface area contributed by atoms with Crippen LogP contribution in [0.1, 0.15) is 22.5 Å². The standard InChI is InChI=1S/C18H26N4O2S2/c1-4-19-18(20-11-10-17-22-14(2)15(3)25-17)21-12-13-26(23,24)16-8-6-5-7-9-16/h5-9H,4,10-13H2,1-3H3,(H2,19,20,21). The van der Waals surface area contributed by atoms with Gasteiger partial charge in [-0.15, -0.1) is 11.3 Å². The minimum atomic E-state index is -3.31. The summed E-state index contributed by atoms with van der Waals surface area (Å²) in [7, 11) is -3.31. The molecule has 0 spiro atoms. The second-order valence-corrected chi connectivity index (χ2v) is 9.22. The Kier molecular flexibility index (Phi) is 7.59. The number of thiazole rings is 1. The van der Waals surface area contributed by atoms with Crippen molar-refractivity contribution in [1.82, 2.24) is 15.6 Å². The molecule has 0 aliphatic heterocycles. The zero-order valence-electron chi connectivity index (χ0n) is 15.4. The zero-order valence-corrected chi connectivity index (χ0v) is 17.1. The van der Waals surface area contributed by atoms with E-state index in [0.29, 0.717) is 23.9 Å². The molecule has 2 N–H and O–H groups in total. The Morgan fingerprint density at radius 2 is 1.92 bits per heavy atom. The van der Waals surface area contributed by atoms with Crippen LogP contribution >= 0.6 is 11.3 Å². The van der Waals surface area contributed by atoms with Crippen LogP contribution in [0, 0.1) is 13.8 Å². The summed E-state index contributed by atoms with van der Waals surface area (Å²) in [4.78, 5) is 10.5.